The summed E-state index contributed by atoms with van der Waals surface area (Å²) in [6.07, 6.45) is 4.32. The largest absolute Gasteiger partial charge is 0.495 e. The van der Waals surface area contributed by atoms with Gasteiger partial charge in [-0.25, -0.2) is 0 Å². The van der Waals surface area contributed by atoms with Crippen LogP contribution in [0.5, 0.6) is 5.75 Å². The van der Waals surface area contributed by atoms with Gasteiger partial charge in [0.15, 0.2) is 0 Å². The molecule has 0 saturated carbocycles. The van der Waals surface area contributed by atoms with E-state index in [1.807, 2.05) is 17.0 Å². The Morgan fingerprint density at radius 3 is 3.00 bits per heavy atom. The molecule has 0 radical (unpaired) electrons. The van der Waals surface area contributed by atoms with Crippen molar-refractivity contribution >= 4 is 11.6 Å². The number of nitrogens with one attached hydrogen (secondary N) is 1. The van der Waals surface area contributed by atoms with Gasteiger partial charge in [-0.15, -0.1) is 0 Å². The third kappa shape index (κ3) is 2.64. The standard InChI is InChI=1S/C17H24N2O2/c1-12-6-4-10-18-15(12)17(20)19-11-5-8-13-7-3-9-14(21-2)16(13)19/h3,7,9,12,15,18H,4-6,8,10-11H2,1-2H3. The second-order valence-electron chi connectivity index (χ2n) is 6.11. The monoisotopic (exact) mass is 288 g/mol. The van der Waals surface area contributed by atoms with Crippen LogP contribution in [0.25, 0.3) is 0 Å². The van der Waals surface area contributed by atoms with Gasteiger partial charge in [-0.2, -0.15) is 0 Å². The van der Waals surface area contributed by atoms with Crippen LogP contribution < -0.4 is 15.0 Å². The zero-order chi connectivity index (χ0) is 14.8. The Bertz CT molecular complexity index is 515. The molecule has 4 nitrogen and oxygen atoms in total. The van der Waals surface area contributed by atoms with Crippen molar-refractivity contribution in [3.63, 3.8) is 0 Å². The van der Waals surface area contributed by atoms with Crippen LogP contribution in [0.15, 0.2) is 18.2 Å². The van der Waals surface area contributed by atoms with E-state index >= 15 is 0 Å². The van der Waals surface area contributed by atoms with Crippen LogP contribution in [0.3, 0.4) is 0 Å². The lowest BCUT2D eigenvalue weighted by atomic mass is 9.90. The Kier molecular flexibility index (Phi) is 4.15. The van der Waals surface area contributed by atoms with Crippen LogP contribution in [0, 0.1) is 5.92 Å². The fourth-order valence-electron chi connectivity index (χ4n) is 3.55. The molecule has 0 bridgehead atoms. The summed E-state index contributed by atoms with van der Waals surface area (Å²) in [5.41, 5.74) is 2.20. The van der Waals surface area contributed by atoms with E-state index in [1.54, 1.807) is 7.11 Å². The summed E-state index contributed by atoms with van der Waals surface area (Å²) < 4.78 is 5.49. The summed E-state index contributed by atoms with van der Waals surface area (Å²) >= 11 is 0. The van der Waals surface area contributed by atoms with E-state index in [1.165, 1.54) is 5.56 Å². The Morgan fingerprint density at radius 1 is 1.38 bits per heavy atom. The third-order valence-electron chi connectivity index (χ3n) is 4.70. The second kappa shape index (κ2) is 6.06. The molecular formula is C17H24N2O2. The molecule has 0 aromatic heterocycles. The van der Waals surface area contributed by atoms with Gasteiger partial charge in [0, 0.05) is 6.54 Å². The number of aryl methyl sites for hydroxylation is 1. The van der Waals surface area contributed by atoms with Crippen LogP contribution in [0.4, 0.5) is 5.69 Å². The molecular weight excluding hydrogens is 264 g/mol. The first-order valence-electron chi connectivity index (χ1n) is 7.93. The maximum atomic E-state index is 13.0. The highest BCUT2D eigenvalue weighted by Gasteiger charge is 2.34. The maximum absolute atomic E-state index is 13.0. The van der Waals surface area contributed by atoms with Crippen LogP contribution in [-0.4, -0.2) is 32.1 Å². The second-order valence-corrected chi connectivity index (χ2v) is 6.11. The van der Waals surface area contributed by atoms with Crippen LogP contribution in [0.2, 0.25) is 0 Å². The average molecular weight is 288 g/mol. The van der Waals surface area contributed by atoms with Gasteiger partial charge in [-0.1, -0.05) is 19.1 Å². The molecule has 1 fully saturated rings. The van der Waals surface area contributed by atoms with Crippen LogP contribution >= 0.6 is 0 Å². The van der Waals surface area contributed by atoms with Gasteiger partial charge < -0.3 is 15.0 Å². The third-order valence-corrected chi connectivity index (χ3v) is 4.70. The van der Waals surface area contributed by atoms with Crippen molar-refractivity contribution in [1.29, 1.82) is 0 Å². The molecule has 0 spiro atoms. The van der Waals surface area contributed by atoms with E-state index in [2.05, 4.69) is 18.3 Å². The van der Waals surface area contributed by atoms with Crippen molar-refractivity contribution in [3.05, 3.63) is 23.8 Å². The Labute approximate surface area is 126 Å². The minimum Gasteiger partial charge on any atom is -0.495 e. The topological polar surface area (TPSA) is 41.6 Å². The Morgan fingerprint density at radius 2 is 2.24 bits per heavy atom. The van der Waals surface area contributed by atoms with E-state index in [0.717, 1.165) is 50.2 Å². The molecule has 1 aromatic rings. The summed E-state index contributed by atoms with van der Waals surface area (Å²) in [6.45, 7) is 3.90. The molecule has 1 N–H and O–H groups in total. The highest BCUT2D eigenvalue weighted by Crippen LogP contribution is 2.37. The molecule has 2 aliphatic heterocycles. The molecule has 1 saturated heterocycles. The van der Waals surface area contributed by atoms with Crippen molar-refractivity contribution in [1.82, 2.24) is 5.32 Å². The number of benzene rings is 1. The number of amides is 1. The van der Waals surface area contributed by atoms with Crippen LogP contribution in [-0.2, 0) is 11.2 Å². The lowest BCUT2D eigenvalue weighted by Crippen LogP contribution is -2.53. The Hall–Kier alpha value is -1.55. The number of nitrogens with zero attached hydrogens (tertiary/aromatic N) is 1. The highest BCUT2D eigenvalue weighted by molar-refractivity contribution is 5.99. The highest BCUT2D eigenvalue weighted by atomic mass is 16.5. The van der Waals surface area contributed by atoms with Gasteiger partial charge in [0.1, 0.15) is 5.75 Å². The van der Waals surface area contributed by atoms with E-state index in [0.29, 0.717) is 5.92 Å². The number of hydrogen-bond acceptors (Lipinski definition) is 3. The Balaban J connectivity index is 1.92. The summed E-state index contributed by atoms with van der Waals surface area (Å²) in [5.74, 6) is 1.41. The maximum Gasteiger partial charge on any atom is 0.244 e. The first-order valence-corrected chi connectivity index (χ1v) is 7.93. The number of carbonyl (C=O) groups is 1. The fourth-order valence-corrected chi connectivity index (χ4v) is 3.55. The SMILES string of the molecule is COc1cccc2c1N(C(=O)C1NCCCC1C)CCC2. The molecule has 4 heteroatoms. The lowest BCUT2D eigenvalue weighted by Gasteiger charge is -2.37. The summed E-state index contributed by atoms with van der Waals surface area (Å²) in [6, 6.07) is 6.00. The predicted molar refractivity (Wildman–Crippen MR) is 83.9 cm³/mol. The molecule has 2 unspecified atom stereocenters. The molecule has 2 atom stereocenters. The minimum atomic E-state index is -0.0605. The zero-order valence-corrected chi connectivity index (χ0v) is 12.9. The van der Waals surface area contributed by atoms with E-state index < -0.39 is 0 Å². The fraction of sp³-hybridized carbons (Fsp3) is 0.588. The number of para-hydroxylation sites is 1. The molecule has 21 heavy (non-hydrogen) atoms. The van der Waals surface area contributed by atoms with Crippen molar-refractivity contribution in [2.45, 2.75) is 38.6 Å². The normalized spacial score (nSPS) is 25.3. The van der Waals surface area contributed by atoms with Gasteiger partial charge in [-0.3, -0.25) is 4.79 Å². The van der Waals surface area contributed by atoms with E-state index in [4.69, 9.17) is 4.74 Å². The number of ether oxygens (including phenoxy) is 1. The quantitative estimate of drug-likeness (QED) is 0.908. The molecule has 1 aromatic carbocycles. The smallest absolute Gasteiger partial charge is 0.244 e. The van der Waals surface area contributed by atoms with E-state index in [-0.39, 0.29) is 11.9 Å². The first kappa shape index (κ1) is 14.4. The van der Waals surface area contributed by atoms with Gasteiger partial charge in [0.2, 0.25) is 5.91 Å². The van der Waals surface area contributed by atoms with Gasteiger partial charge in [0.25, 0.3) is 0 Å². The molecule has 114 valence electrons. The predicted octanol–water partition coefficient (Wildman–Crippen LogP) is 2.36. The number of methoxy groups -OCH3 is 1. The molecule has 3 rings (SSSR count). The molecule has 2 heterocycles. The van der Waals surface area contributed by atoms with Crippen molar-refractivity contribution in [2.24, 2.45) is 5.92 Å². The number of piperidine rings is 1. The lowest BCUT2D eigenvalue weighted by molar-refractivity contribution is -0.122. The summed E-state index contributed by atoms with van der Waals surface area (Å²) in [5, 5.41) is 3.40. The first-order chi connectivity index (χ1) is 10.2. The number of carbonyl (C=O) groups excluding carboxylic acids is 1. The summed E-state index contributed by atoms with van der Waals surface area (Å²) in [7, 11) is 1.67. The molecule has 0 aliphatic carbocycles. The molecule has 2 aliphatic rings. The average Bonchev–Trinajstić information content (AvgIpc) is 2.53. The number of fused-ring (bicyclic) bond motifs is 1. The summed E-state index contributed by atoms with van der Waals surface area (Å²) in [4.78, 5) is 14.9. The number of rotatable bonds is 2. The van der Waals surface area contributed by atoms with Gasteiger partial charge >= 0.3 is 0 Å². The zero-order valence-electron chi connectivity index (χ0n) is 12.9. The van der Waals surface area contributed by atoms with E-state index in [9.17, 15) is 4.79 Å². The van der Waals surface area contributed by atoms with Gasteiger partial charge in [0.05, 0.1) is 18.8 Å². The number of hydrogen-bond donors (Lipinski definition) is 1. The van der Waals surface area contributed by atoms with Crippen LogP contribution in [0.1, 0.15) is 31.7 Å². The minimum absolute atomic E-state index is 0.0605. The van der Waals surface area contributed by atoms with Crippen molar-refractivity contribution < 1.29 is 9.53 Å². The van der Waals surface area contributed by atoms with Crippen molar-refractivity contribution in [3.8, 4) is 5.75 Å². The number of anilines is 1. The molecule has 1 amide bonds. The van der Waals surface area contributed by atoms with Gasteiger partial charge in [-0.05, 0) is 49.8 Å². The van der Waals surface area contributed by atoms with Crippen molar-refractivity contribution in [2.75, 3.05) is 25.1 Å².